The van der Waals surface area contributed by atoms with Crippen molar-refractivity contribution in [3.63, 3.8) is 0 Å². The van der Waals surface area contributed by atoms with Gasteiger partial charge in [-0.3, -0.25) is 0 Å². The monoisotopic (exact) mass is 262 g/mol. The fourth-order valence-electron chi connectivity index (χ4n) is 2.75. The van der Waals surface area contributed by atoms with Gasteiger partial charge in [-0.2, -0.15) is 0 Å². The predicted octanol–water partition coefficient (Wildman–Crippen LogP) is 2.72. The molecule has 0 amide bonds. The van der Waals surface area contributed by atoms with Gasteiger partial charge in [0.15, 0.2) is 0 Å². The lowest BCUT2D eigenvalue weighted by atomic mass is 9.85. The van der Waals surface area contributed by atoms with E-state index < -0.39 is 0 Å². The third kappa shape index (κ3) is 2.25. The molecule has 2 aliphatic heterocycles. The molecule has 1 saturated heterocycles. The number of ether oxygens (including phenoxy) is 2. The first kappa shape index (κ1) is 12.6. The molecule has 19 heavy (non-hydrogen) atoms. The summed E-state index contributed by atoms with van der Waals surface area (Å²) in [5.74, 6) is 0.941. The minimum atomic E-state index is 0.140. The molecule has 1 aromatic carbocycles. The lowest BCUT2D eigenvalue weighted by Crippen LogP contribution is -2.40. The van der Waals surface area contributed by atoms with E-state index in [0.29, 0.717) is 6.04 Å². The first-order chi connectivity index (χ1) is 9.23. The fraction of sp³-hybridized carbons (Fsp3) is 0.600. The molecule has 2 atom stereocenters. The fourth-order valence-corrected chi connectivity index (χ4v) is 2.75. The largest absolute Gasteiger partial charge is 0.491 e. The second-order valence-corrected chi connectivity index (χ2v) is 5.75. The Morgan fingerprint density at radius 1 is 1.47 bits per heavy atom. The third-order valence-corrected chi connectivity index (χ3v) is 4.04. The van der Waals surface area contributed by atoms with E-state index in [9.17, 15) is 0 Å². The molecule has 4 nitrogen and oxygen atoms in total. The molecule has 0 radical (unpaired) electrons. The number of fused-ring (bicyclic) bond motifs is 2. The van der Waals surface area contributed by atoms with Crippen molar-refractivity contribution in [2.24, 2.45) is 5.41 Å². The topological polar surface area (TPSA) is 42.5 Å². The quantitative estimate of drug-likeness (QED) is 0.879. The molecule has 2 heterocycles. The van der Waals surface area contributed by atoms with E-state index in [-0.39, 0.29) is 5.41 Å². The molecule has 2 N–H and O–H groups in total. The lowest BCUT2D eigenvalue weighted by molar-refractivity contribution is 0.164. The summed E-state index contributed by atoms with van der Waals surface area (Å²) in [4.78, 5) is 0. The molecular weight excluding hydrogens is 240 g/mol. The summed E-state index contributed by atoms with van der Waals surface area (Å²) in [6, 6.07) is 6.54. The standard InChI is InChI=1S/C15H22N2O2/c1-3-7-19-12-6-4-5-11-14(12)16-9-15(2)10-18-8-13(15)17-11/h4-6,13,16-17H,3,7-10H2,1-2H3. The highest BCUT2D eigenvalue weighted by Gasteiger charge is 2.42. The Bertz CT molecular complexity index is 463. The number of benzene rings is 1. The van der Waals surface area contributed by atoms with Gasteiger partial charge < -0.3 is 20.1 Å². The van der Waals surface area contributed by atoms with Crippen LogP contribution in [0.1, 0.15) is 20.3 Å². The van der Waals surface area contributed by atoms with Crippen LogP contribution in [0.5, 0.6) is 5.75 Å². The molecule has 104 valence electrons. The second kappa shape index (κ2) is 4.93. The van der Waals surface area contributed by atoms with Gasteiger partial charge in [-0.05, 0) is 18.6 Å². The molecule has 1 aromatic rings. The summed E-state index contributed by atoms with van der Waals surface area (Å²) in [6.45, 7) is 7.62. The Hall–Kier alpha value is -1.42. The van der Waals surface area contributed by atoms with Gasteiger partial charge in [-0.15, -0.1) is 0 Å². The van der Waals surface area contributed by atoms with E-state index >= 15 is 0 Å². The van der Waals surface area contributed by atoms with Crippen LogP contribution in [0.15, 0.2) is 18.2 Å². The first-order valence-electron chi connectivity index (χ1n) is 7.07. The number of anilines is 2. The normalized spacial score (nSPS) is 28.6. The lowest BCUT2D eigenvalue weighted by Gasteiger charge is -2.27. The van der Waals surface area contributed by atoms with Gasteiger partial charge in [0.05, 0.1) is 31.5 Å². The molecule has 0 saturated carbocycles. The zero-order valence-corrected chi connectivity index (χ0v) is 11.7. The maximum atomic E-state index is 5.83. The Morgan fingerprint density at radius 2 is 2.37 bits per heavy atom. The van der Waals surface area contributed by atoms with E-state index in [0.717, 1.165) is 49.9 Å². The SMILES string of the molecule is CCCOc1cccc2c1NCC1(C)COCC1N2. The average molecular weight is 262 g/mol. The Balaban J connectivity index is 1.89. The van der Waals surface area contributed by atoms with E-state index in [1.165, 1.54) is 0 Å². The summed E-state index contributed by atoms with van der Waals surface area (Å²) >= 11 is 0. The summed E-state index contributed by atoms with van der Waals surface area (Å²) in [5.41, 5.74) is 2.35. The molecule has 3 rings (SSSR count). The minimum Gasteiger partial charge on any atom is -0.491 e. The zero-order chi connectivity index (χ0) is 13.3. The van der Waals surface area contributed by atoms with Gasteiger partial charge in [0.1, 0.15) is 11.4 Å². The molecule has 0 aliphatic carbocycles. The van der Waals surface area contributed by atoms with Gasteiger partial charge in [0.2, 0.25) is 0 Å². The van der Waals surface area contributed by atoms with E-state index in [4.69, 9.17) is 9.47 Å². The highest BCUT2D eigenvalue weighted by Crippen LogP contribution is 2.41. The molecule has 1 fully saturated rings. The van der Waals surface area contributed by atoms with Crippen LogP contribution >= 0.6 is 0 Å². The summed E-state index contributed by atoms with van der Waals surface area (Å²) < 4.78 is 11.5. The van der Waals surface area contributed by atoms with Crippen LogP contribution in [0, 0.1) is 5.41 Å². The van der Waals surface area contributed by atoms with Gasteiger partial charge in [0, 0.05) is 12.0 Å². The number of hydrogen-bond donors (Lipinski definition) is 2. The molecule has 2 unspecified atom stereocenters. The number of hydrogen-bond acceptors (Lipinski definition) is 4. The van der Waals surface area contributed by atoms with Gasteiger partial charge in [-0.25, -0.2) is 0 Å². The molecular formula is C15H22N2O2. The van der Waals surface area contributed by atoms with Crippen molar-refractivity contribution < 1.29 is 9.47 Å². The molecule has 0 spiro atoms. The van der Waals surface area contributed by atoms with Crippen molar-refractivity contribution in [2.75, 3.05) is 37.0 Å². The number of para-hydroxylation sites is 1. The van der Waals surface area contributed by atoms with E-state index in [1.54, 1.807) is 0 Å². The van der Waals surface area contributed by atoms with Gasteiger partial charge in [-0.1, -0.05) is 19.9 Å². The minimum absolute atomic E-state index is 0.140. The van der Waals surface area contributed by atoms with Crippen molar-refractivity contribution in [1.82, 2.24) is 0 Å². The van der Waals surface area contributed by atoms with Gasteiger partial charge in [0.25, 0.3) is 0 Å². The van der Waals surface area contributed by atoms with Crippen LogP contribution in [0.25, 0.3) is 0 Å². The highest BCUT2D eigenvalue weighted by atomic mass is 16.5. The summed E-state index contributed by atoms with van der Waals surface area (Å²) in [7, 11) is 0. The molecule has 0 bridgehead atoms. The first-order valence-corrected chi connectivity index (χ1v) is 7.07. The van der Waals surface area contributed by atoms with Crippen LogP contribution < -0.4 is 15.4 Å². The second-order valence-electron chi connectivity index (χ2n) is 5.75. The van der Waals surface area contributed by atoms with Crippen LogP contribution in [0.2, 0.25) is 0 Å². The van der Waals surface area contributed by atoms with Crippen LogP contribution in [0.4, 0.5) is 11.4 Å². The third-order valence-electron chi connectivity index (χ3n) is 4.04. The molecule has 4 heteroatoms. The Kier molecular flexibility index (Phi) is 3.27. The van der Waals surface area contributed by atoms with Crippen molar-refractivity contribution in [3.8, 4) is 5.75 Å². The number of rotatable bonds is 3. The van der Waals surface area contributed by atoms with Gasteiger partial charge >= 0.3 is 0 Å². The van der Waals surface area contributed by atoms with Crippen LogP contribution in [-0.4, -0.2) is 32.4 Å². The van der Waals surface area contributed by atoms with Crippen molar-refractivity contribution >= 4 is 11.4 Å². The maximum Gasteiger partial charge on any atom is 0.144 e. The zero-order valence-electron chi connectivity index (χ0n) is 11.7. The van der Waals surface area contributed by atoms with E-state index in [1.807, 2.05) is 12.1 Å². The summed E-state index contributed by atoms with van der Waals surface area (Å²) in [5, 5.41) is 7.16. The Labute approximate surface area is 114 Å². The highest BCUT2D eigenvalue weighted by molar-refractivity contribution is 5.77. The predicted molar refractivity (Wildman–Crippen MR) is 77.1 cm³/mol. The van der Waals surface area contributed by atoms with Crippen LogP contribution in [-0.2, 0) is 4.74 Å². The van der Waals surface area contributed by atoms with Crippen LogP contribution in [0.3, 0.4) is 0 Å². The smallest absolute Gasteiger partial charge is 0.144 e. The molecule has 2 aliphatic rings. The number of nitrogens with one attached hydrogen (secondary N) is 2. The Morgan fingerprint density at radius 3 is 3.21 bits per heavy atom. The van der Waals surface area contributed by atoms with Crippen molar-refractivity contribution in [2.45, 2.75) is 26.3 Å². The average Bonchev–Trinajstić information content (AvgIpc) is 2.70. The van der Waals surface area contributed by atoms with E-state index in [2.05, 4.69) is 30.5 Å². The molecule has 0 aromatic heterocycles. The van der Waals surface area contributed by atoms with Crippen molar-refractivity contribution in [3.05, 3.63) is 18.2 Å². The maximum absolute atomic E-state index is 5.83. The summed E-state index contributed by atoms with van der Waals surface area (Å²) in [6.07, 6.45) is 1.02. The van der Waals surface area contributed by atoms with Crippen molar-refractivity contribution in [1.29, 1.82) is 0 Å².